The zero-order chi connectivity index (χ0) is 13.8. The van der Waals surface area contributed by atoms with Gasteiger partial charge in [0.2, 0.25) is 5.91 Å². The number of hydrogen-bond donors (Lipinski definition) is 0. The van der Waals surface area contributed by atoms with E-state index in [0.29, 0.717) is 5.02 Å². The lowest BCUT2D eigenvalue weighted by Crippen LogP contribution is -2.34. The summed E-state index contributed by atoms with van der Waals surface area (Å²) < 4.78 is 0.765. The molecule has 0 aromatic heterocycles. The van der Waals surface area contributed by atoms with Crippen LogP contribution in [0, 0.1) is 0 Å². The van der Waals surface area contributed by atoms with Crippen molar-refractivity contribution >= 4 is 45.0 Å². The van der Waals surface area contributed by atoms with Gasteiger partial charge < -0.3 is 4.90 Å². The first kappa shape index (κ1) is 15.1. The molecule has 19 heavy (non-hydrogen) atoms. The molecule has 1 aliphatic heterocycles. The van der Waals surface area contributed by atoms with Crippen LogP contribution >= 0.6 is 39.1 Å². The number of carbonyl (C=O) groups excluding carboxylic acids is 1. The minimum absolute atomic E-state index is 0.00205. The molecule has 1 unspecified atom stereocenters. The van der Waals surface area contributed by atoms with E-state index >= 15 is 0 Å². The summed E-state index contributed by atoms with van der Waals surface area (Å²) >= 11 is 15.6. The van der Waals surface area contributed by atoms with Gasteiger partial charge in [-0.05, 0) is 46.5 Å². The van der Waals surface area contributed by atoms with Gasteiger partial charge in [0.1, 0.15) is 5.38 Å². The van der Waals surface area contributed by atoms with E-state index in [1.807, 2.05) is 11.0 Å². The van der Waals surface area contributed by atoms with Gasteiger partial charge >= 0.3 is 0 Å². The fraction of sp³-hybridized carbons (Fsp3) is 0.500. The SMILES string of the molecule is O=C(C(Cl)c1ccc(Cl)c(Br)c1)N1CCCCCC1. The first-order valence-electron chi connectivity index (χ1n) is 6.47. The smallest absolute Gasteiger partial charge is 0.245 e. The third-order valence-corrected chi connectivity index (χ3v) is 5.02. The van der Waals surface area contributed by atoms with Crippen LogP contribution in [-0.2, 0) is 4.79 Å². The van der Waals surface area contributed by atoms with E-state index in [9.17, 15) is 4.79 Å². The van der Waals surface area contributed by atoms with Crippen molar-refractivity contribution in [2.24, 2.45) is 0 Å². The van der Waals surface area contributed by atoms with E-state index in [-0.39, 0.29) is 5.91 Å². The summed E-state index contributed by atoms with van der Waals surface area (Å²) in [5.74, 6) is -0.00205. The van der Waals surface area contributed by atoms with Crippen LogP contribution in [0.25, 0.3) is 0 Å². The number of benzene rings is 1. The Hall–Kier alpha value is -0.250. The number of hydrogen-bond acceptors (Lipinski definition) is 1. The van der Waals surface area contributed by atoms with Crippen LogP contribution in [0.1, 0.15) is 36.6 Å². The van der Waals surface area contributed by atoms with Gasteiger partial charge in [0.25, 0.3) is 0 Å². The first-order valence-corrected chi connectivity index (χ1v) is 8.08. The van der Waals surface area contributed by atoms with Crippen LogP contribution in [0.3, 0.4) is 0 Å². The maximum absolute atomic E-state index is 12.4. The van der Waals surface area contributed by atoms with Gasteiger partial charge in [0.05, 0.1) is 5.02 Å². The van der Waals surface area contributed by atoms with Crippen molar-refractivity contribution in [3.63, 3.8) is 0 Å². The van der Waals surface area contributed by atoms with Crippen molar-refractivity contribution in [3.05, 3.63) is 33.3 Å². The minimum atomic E-state index is -0.633. The quantitative estimate of drug-likeness (QED) is 0.691. The number of alkyl halides is 1. The van der Waals surface area contributed by atoms with E-state index in [0.717, 1.165) is 36.0 Å². The topological polar surface area (TPSA) is 20.3 Å². The molecule has 2 rings (SSSR count). The second-order valence-corrected chi connectivity index (χ2v) is 6.47. The first-order chi connectivity index (χ1) is 9.09. The molecule has 0 radical (unpaired) electrons. The van der Waals surface area contributed by atoms with Crippen molar-refractivity contribution in [2.45, 2.75) is 31.1 Å². The Balaban J connectivity index is 2.10. The monoisotopic (exact) mass is 363 g/mol. The van der Waals surface area contributed by atoms with Crippen LogP contribution in [0.4, 0.5) is 0 Å². The molecule has 1 aliphatic rings. The Labute approximate surface area is 132 Å². The third kappa shape index (κ3) is 3.87. The van der Waals surface area contributed by atoms with Crippen molar-refractivity contribution < 1.29 is 4.79 Å². The van der Waals surface area contributed by atoms with Gasteiger partial charge in [-0.1, -0.05) is 30.5 Å². The molecule has 0 N–H and O–H groups in total. The maximum atomic E-state index is 12.4. The lowest BCUT2D eigenvalue weighted by atomic mass is 10.1. The standard InChI is InChI=1S/C14H16BrCl2NO/c15-11-9-10(5-6-12(11)16)13(17)14(19)18-7-3-1-2-4-8-18/h5-6,9,13H,1-4,7-8H2. The summed E-state index contributed by atoms with van der Waals surface area (Å²) in [6, 6.07) is 5.38. The summed E-state index contributed by atoms with van der Waals surface area (Å²) in [7, 11) is 0. The van der Waals surface area contributed by atoms with Gasteiger partial charge in [-0.3, -0.25) is 4.79 Å². The average Bonchev–Trinajstić information content (AvgIpc) is 2.69. The molecule has 0 bridgehead atoms. The van der Waals surface area contributed by atoms with E-state index in [1.165, 1.54) is 12.8 Å². The molecule has 2 nitrogen and oxygen atoms in total. The highest BCUT2D eigenvalue weighted by molar-refractivity contribution is 9.10. The van der Waals surface area contributed by atoms with Crippen LogP contribution < -0.4 is 0 Å². The van der Waals surface area contributed by atoms with E-state index in [4.69, 9.17) is 23.2 Å². The van der Waals surface area contributed by atoms with Gasteiger partial charge in [0.15, 0.2) is 0 Å². The molecule has 0 spiro atoms. The Morgan fingerprint density at radius 2 is 1.84 bits per heavy atom. The molecule has 1 amide bonds. The van der Waals surface area contributed by atoms with Crippen LogP contribution in [0.2, 0.25) is 5.02 Å². The zero-order valence-corrected chi connectivity index (χ0v) is 13.6. The molecule has 104 valence electrons. The van der Waals surface area contributed by atoms with Crippen LogP contribution in [0.5, 0.6) is 0 Å². The Bertz CT molecular complexity index is 459. The van der Waals surface area contributed by atoms with E-state index in [1.54, 1.807) is 12.1 Å². The second-order valence-electron chi connectivity index (χ2n) is 4.78. The predicted molar refractivity (Wildman–Crippen MR) is 82.8 cm³/mol. The molecule has 1 atom stereocenters. The van der Waals surface area contributed by atoms with Gasteiger partial charge in [0, 0.05) is 17.6 Å². The number of nitrogens with zero attached hydrogens (tertiary/aromatic N) is 1. The highest BCUT2D eigenvalue weighted by Gasteiger charge is 2.24. The number of rotatable bonds is 2. The van der Waals surface area contributed by atoms with Crippen molar-refractivity contribution in [1.29, 1.82) is 0 Å². The minimum Gasteiger partial charge on any atom is -0.341 e. The fourth-order valence-corrected chi connectivity index (χ4v) is 3.05. The van der Waals surface area contributed by atoms with Gasteiger partial charge in [-0.2, -0.15) is 0 Å². The molecule has 1 fully saturated rings. The molecule has 1 aromatic carbocycles. The number of halogens is 3. The molecular formula is C14H16BrCl2NO. The zero-order valence-electron chi connectivity index (χ0n) is 10.5. The summed E-state index contributed by atoms with van der Waals surface area (Å²) in [5, 5.41) is -0.0125. The highest BCUT2D eigenvalue weighted by atomic mass is 79.9. The molecule has 5 heteroatoms. The Morgan fingerprint density at radius 3 is 2.42 bits per heavy atom. The van der Waals surface area contributed by atoms with Crippen molar-refractivity contribution in [1.82, 2.24) is 4.90 Å². The summed E-state index contributed by atoms with van der Waals surface area (Å²) in [5.41, 5.74) is 0.784. The maximum Gasteiger partial charge on any atom is 0.245 e. The largest absolute Gasteiger partial charge is 0.341 e. The highest BCUT2D eigenvalue weighted by Crippen LogP contribution is 2.30. The molecule has 0 saturated carbocycles. The van der Waals surface area contributed by atoms with Crippen LogP contribution in [0.15, 0.2) is 22.7 Å². The number of likely N-dealkylation sites (tertiary alicyclic amines) is 1. The normalized spacial score (nSPS) is 17.9. The van der Waals surface area contributed by atoms with Crippen molar-refractivity contribution in [2.75, 3.05) is 13.1 Å². The predicted octanol–water partition coefficient (Wildman–Crippen LogP) is 4.79. The third-order valence-electron chi connectivity index (χ3n) is 3.37. The lowest BCUT2D eigenvalue weighted by Gasteiger charge is -2.23. The van der Waals surface area contributed by atoms with Crippen molar-refractivity contribution in [3.8, 4) is 0 Å². The summed E-state index contributed by atoms with van der Waals surface area (Å²) in [6.07, 6.45) is 4.53. The van der Waals surface area contributed by atoms with E-state index < -0.39 is 5.38 Å². The molecule has 0 aliphatic carbocycles. The van der Waals surface area contributed by atoms with E-state index in [2.05, 4.69) is 15.9 Å². The summed E-state index contributed by atoms with van der Waals surface area (Å²) in [6.45, 7) is 1.63. The number of amides is 1. The average molecular weight is 365 g/mol. The Morgan fingerprint density at radius 1 is 1.21 bits per heavy atom. The van der Waals surface area contributed by atoms with Gasteiger partial charge in [-0.25, -0.2) is 0 Å². The summed E-state index contributed by atoms with van der Waals surface area (Å²) in [4.78, 5) is 14.3. The van der Waals surface area contributed by atoms with Crippen LogP contribution in [-0.4, -0.2) is 23.9 Å². The van der Waals surface area contributed by atoms with Gasteiger partial charge in [-0.15, -0.1) is 11.6 Å². The fourth-order valence-electron chi connectivity index (χ4n) is 2.26. The Kier molecular flexibility index (Phi) is 5.55. The number of carbonyl (C=O) groups is 1. The lowest BCUT2D eigenvalue weighted by molar-refractivity contribution is -0.130. The molecular weight excluding hydrogens is 349 g/mol. The second kappa shape index (κ2) is 6.96. The molecule has 1 heterocycles. The molecule has 1 aromatic rings. The molecule has 1 saturated heterocycles.